The summed E-state index contributed by atoms with van der Waals surface area (Å²) < 4.78 is 27.9. The molecule has 6 nitrogen and oxygen atoms in total. The van der Waals surface area contributed by atoms with E-state index in [1.54, 1.807) is 17.9 Å². The van der Waals surface area contributed by atoms with E-state index in [4.69, 9.17) is 5.73 Å². The lowest BCUT2D eigenvalue weighted by molar-refractivity contribution is 0.466. The van der Waals surface area contributed by atoms with E-state index >= 15 is 0 Å². The minimum atomic E-state index is -3.52. The van der Waals surface area contributed by atoms with E-state index in [9.17, 15) is 8.42 Å². The summed E-state index contributed by atoms with van der Waals surface area (Å²) in [6.07, 6.45) is 3.70. The Kier molecular flexibility index (Phi) is 5.11. The zero-order valence-electron chi connectivity index (χ0n) is 12.0. The summed E-state index contributed by atoms with van der Waals surface area (Å²) >= 11 is 0. The number of sulfonamides is 1. The summed E-state index contributed by atoms with van der Waals surface area (Å²) in [4.78, 5) is 0.206. The molecule has 7 heteroatoms. The van der Waals surface area contributed by atoms with E-state index in [1.165, 1.54) is 10.5 Å². The Morgan fingerprint density at radius 2 is 2.00 bits per heavy atom. The fourth-order valence-electron chi connectivity index (χ4n) is 1.96. The van der Waals surface area contributed by atoms with Gasteiger partial charge in [-0.15, -0.1) is 0 Å². The molecule has 0 spiro atoms. The van der Waals surface area contributed by atoms with Crippen molar-refractivity contribution in [2.24, 2.45) is 5.73 Å². The molecule has 2 aromatic rings. The predicted molar refractivity (Wildman–Crippen MR) is 81.0 cm³/mol. The van der Waals surface area contributed by atoms with E-state index in [2.05, 4.69) is 5.10 Å². The highest BCUT2D eigenvalue weighted by molar-refractivity contribution is 7.89. The zero-order valence-corrected chi connectivity index (χ0v) is 12.8. The molecule has 0 fully saturated rings. The molecule has 0 atom stereocenters. The molecule has 114 valence electrons. The van der Waals surface area contributed by atoms with Gasteiger partial charge in [-0.3, -0.25) is 4.68 Å². The van der Waals surface area contributed by atoms with Gasteiger partial charge in [0.2, 0.25) is 10.0 Å². The van der Waals surface area contributed by atoms with Gasteiger partial charge in [-0.1, -0.05) is 30.3 Å². The molecule has 0 amide bonds. The van der Waals surface area contributed by atoms with Gasteiger partial charge in [-0.25, -0.2) is 8.42 Å². The Balaban J connectivity index is 2.11. The third-order valence-electron chi connectivity index (χ3n) is 3.16. The second kappa shape index (κ2) is 6.84. The van der Waals surface area contributed by atoms with Crippen LogP contribution in [0.2, 0.25) is 0 Å². The summed E-state index contributed by atoms with van der Waals surface area (Å²) in [5.74, 6) is 0. The molecular formula is C14H20N4O2S. The number of hydrogen-bond acceptors (Lipinski definition) is 4. The van der Waals surface area contributed by atoms with Crippen molar-refractivity contribution in [1.29, 1.82) is 0 Å². The van der Waals surface area contributed by atoms with Crippen LogP contribution in [0.3, 0.4) is 0 Å². The van der Waals surface area contributed by atoms with Crippen molar-refractivity contribution in [2.75, 3.05) is 13.6 Å². The third-order valence-corrected chi connectivity index (χ3v) is 4.91. The molecule has 0 unspecified atom stereocenters. The second-order valence-electron chi connectivity index (χ2n) is 4.83. The van der Waals surface area contributed by atoms with Crippen LogP contribution in [0.25, 0.3) is 0 Å². The maximum atomic E-state index is 12.5. The summed E-state index contributed by atoms with van der Waals surface area (Å²) in [5.41, 5.74) is 6.38. The van der Waals surface area contributed by atoms with Gasteiger partial charge in [-0.05, 0) is 18.5 Å². The molecule has 0 radical (unpaired) electrons. The van der Waals surface area contributed by atoms with Crippen LogP contribution < -0.4 is 5.73 Å². The van der Waals surface area contributed by atoms with E-state index in [0.29, 0.717) is 19.6 Å². The number of nitrogens with two attached hydrogens (primary N) is 1. The molecule has 0 bridgehead atoms. The fraction of sp³-hybridized carbons (Fsp3) is 0.357. The van der Waals surface area contributed by atoms with Crippen molar-refractivity contribution < 1.29 is 8.42 Å². The first-order valence-electron chi connectivity index (χ1n) is 6.77. The first-order valence-corrected chi connectivity index (χ1v) is 8.21. The van der Waals surface area contributed by atoms with Crippen LogP contribution in [0, 0.1) is 0 Å². The van der Waals surface area contributed by atoms with E-state index in [0.717, 1.165) is 12.0 Å². The molecule has 1 aromatic carbocycles. The van der Waals surface area contributed by atoms with Crippen LogP contribution in [0.15, 0.2) is 47.6 Å². The monoisotopic (exact) mass is 308 g/mol. The predicted octanol–water partition coefficient (Wildman–Crippen LogP) is 1.05. The molecule has 2 N–H and O–H groups in total. The Morgan fingerprint density at radius 3 is 2.67 bits per heavy atom. The number of aryl methyl sites for hydroxylation is 1. The minimum Gasteiger partial charge on any atom is -0.330 e. The van der Waals surface area contributed by atoms with Crippen molar-refractivity contribution in [1.82, 2.24) is 14.1 Å². The average Bonchev–Trinajstić information content (AvgIpc) is 2.95. The van der Waals surface area contributed by atoms with Gasteiger partial charge in [0.25, 0.3) is 0 Å². The smallest absolute Gasteiger partial charge is 0.246 e. The van der Waals surface area contributed by atoms with E-state index in [-0.39, 0.29) is 4.90 Å². The van der Waals surface area contributed by atoms with Crippen molar-refractivity contribution in [3.05, 3.63) is 48.3 Å². The van der Waals surface area contributed by atoms with Gasteiger partial charge >= 0.3 is 0 Å². The van der Waals surface area contributed by atoms with Crippen molar-refractivity contribution in [3.63, 3.8) is 0 Å². The number of benzene rings is 1. The molecule has 0 saturated heterocycles. The first-order chi connectivity index (χ1) is 10.0. The SMILES string of the molecule is CN(Cc1ccccc1)S(=O)(=O)c1cnn(CCCN)c1. The van der Waals surface area contributed by atoms with Crippen molar-refractivity contribution in [3.8, 4) is 0 Å². The zero-order chi connectivity index (χ0) is 15.3. The standard InChI is InChI=1S/C14H20N4O2S/c1-17(11-13-6-3-2-4-7-13)21(19,20)14-10-16-18(12-14)9-5-8-15/h2-4,6-7,10,12H,5,8-9,11,15H2,1H3. The average molecular weight is 308 g/mol. The van der Waals surface area contributed by atoms with Crippen molar-refractivity contribution >= 4 is 10.0 Å². The van der Waals surface area contributed by atoms with Crippen LogP contribution in [-0.4, -0.2) is 36.1 Å². The summed E-state index contributed by atoms with van der Waals surface area (Å²) in [6.45, 7) is 1.50. The number of hydrogen-bond donors (Lipinski definition) is 1. The lowest BCUT2D eigenvalue weighted by Crippen LogP contribution is -2.26. The van der Waals surface area contributed by atoms with Gasteiger partial charge < -0.3 is 5.73 Å². The summed E-state index contributed by atoms with van der Waals surface area (Å²) in [5, 5.41) is 4.06. The molecule has 1 heterocycles. The van der Waals surface area contributed by atoms with Crippen LogP contribution in [0.4, 0.5) is 0 Å². The Bertz CT molecular complexity index is 667. The van der Waals surface area contributed by atoms with Gasteiger partial charge in [0.05, 0.1) is 6.20 Å². The first kappa shape index (κ1) is 15.7. The van der Waals surface area contributed by atoms with Crippen LogP contribution in [0.5, 0.6) is 0 Å². The molecule has 0 saturated carbocycles. The Labute approximate surface area is 125 Å². The van der Waals surface area contributed by atoms with Gasteiger partial charge in [-0.2, -0.15) is 9.40 Å². The van der Waals surface area contributed by atoms with Gasteiger partial charge in [0.1, 0.15) is 4.90 Å². The normalized spacial score (nSPS) is 12.0. The summed E-state index contributed by atoms with van der Waals surface area (Å²) in [6, 6.07) is 9.48. The lowest BCUT2D eigenvalue weighted by Gasteiger charge is -2.15. The Hall–Kier alpha value is -1.70. The maximum absolute atomic E-state index is 12.5. The van der Waals surface area contributed by atoms with Crippen LogP contribution >= 0.6 is 0 Å². The van der Waals surface area contributed by atoms with Crippen LogP contribution in [-0.2, 0) is 23.1 Å². The summed E-state index contributed by atoms with van der Waals surface area (Å²) in [7, 11) is -1.95. The quantitative estimate of drug-likeness (QED) is 0.829. The van der Waals surface area contributed by atoms with E-state index in [1.807, 2.05) is 30.3 Å². The van der Waals surface area contributed by atoms with Crippen molar-refractivity contribution in [2.45, 2.75) is 24.4 Å². The number of rotatable bonds is 7. The van der Waals surface area contributed by atoms with Gasteiger partial charge in [0, 0.05) is 26.3 Å². The number of aromatic nitrogens is 2. The minimum absolute atomic E-state index is 0.206. The third kappa shape index (κ3) is 3.90. The second-order valence-corrected chi connectivity index (χ2v) is 6.87. The molecule has 2 rings (SSSR count). The molecule has 0 aliphatic rings. The lowest BCUT2D eigenvalue weighted by atomic mass is 10.2. The fourth-order valence-corrected chi connectivity index (χ4v) is 3.07. The largest absolute Gasteiger partial charge is 0.330 e. The molecule has 21 heavy (non-hydrogen) atoms. The molecule has 0 aliphatic carbocycles. The number of nitrogens with zero attached hydrogens (tertiary/aromatic N) is 3. The topological polar surface area (TPSA) is 81.2 Å². The molecule has 0 aliphatic heterocycles. The maximum Gasteiger partial charge on any atom is 0.246 e. The molecule has 1 aromatic heterocycles. The Morgan fingerprint density at radius 1 is 1.29 bits per heavy atom. The highest BCUT2D eigenvalue weighted by Crippen LogP contribution is 2.16. The van der Waals surface area contributed by atoms with E-state index < -0.39 is 10.0 Å². The van der Waals surface area contributed by atoms with Crippen LogP contribution in [0.1, 0.15) is 12.0 Å². The van der Waals surface area contributed by atoms with Gasteiger partial charge in [0.15, 0.2) is 0 Å². The highest BCUT2D eigenvalue weighted by Gasteiger charge is 2.22. The highest BCUT2D eigenvalue weighted by atomic mass is 32.2. The molecular weight excluding hydrogens is 288 g/mol.